The van der Waals surface area contributed by atoms with E-state index in [1.165, 1.54) is 0 Å². The van der Waals surface area contributed by atoms with E-state index < -0.39 is 33.7 Å². The van der Waals surface area contributed by atoms with E-state index in [1.54, 1.807) is 20.8 Å². The Kier molecular flexibility index (Phi) is 11.0. The van der Waals surface area contributed by atoms with Gasteiger partial charge in [-0.3, -0.25) is 14.1 Å². The summed E-state index contributed by atoms with van der Waals surface area (Å²) in [5.74, 6) is -2.05. The maximum absolute atomic E-state index is 11.8. The molecular formula is C14H26KO7S. The van der Waals surface area contributed by atoms with Crippen LogP contribution in [0.1, 0.15) is 48.0 Å². The van der Waals surface area contributed by atoms with Gasteiger partial charge in [0.15, 0.2) is 5.25 Å². The summed E-state index contributed by atoms with van der Waals surface area (Å²) in [6.45, 7) is 10.9. The van der Waals surface area contributed by atoms with Crippen molar-refractivity contribution in [1.29, 1.82) is 0 Å². The SMILES string of the molecule is CC(C)(C)COC(=O)CC(C(=O)OCC(C)(C)C)S(=O)(=O)O.[K]. The van der Waals surface area contributed by atoms with Crippen LogP contribution in [0.5, 0.6) is 0 Å². The summed E-state index contributed by atoms with van der Waals surface area (Å²) in [7, 11) is -4.76. The van der Waals surface area contributed by atoms with Gasteiger partial charge in [-0.15, -0.1) is 0 Å². The first kappa shape index (κ1) is 25.7. The molecule has 1 N–H and O–H groups in total. The molecule has 0 rings (SSSR count). The Balaban J connectivity index is 0. The van der Waals surface area contributed by atoms with E-state index >= 15 is 0 Å². The van der Waals surface area contributed by atoms with E-state index in [0.717, 1.165) is 0 Å². The van der Waals surface area contributed by atoms with Crippen molar-refractivity contribution in [2.75, 3.05) is 13.2 Å². The second kappa shape index (κ2) is 9.84. The van der Waals surface area contributed by atoms with Crippen molar-refractivity contribution in [3.63, 3.8) is 0 Å². The van der Waals surface area contributed by atoms with Crippen molar-refractivity contribution >= 4 is 73.4 Å². The van der Waals surface area contributed by atoms with E-state index in [1.807, 2.05) is 20.8 Å². The normalized spacial score (nSPS) is 13.7. The van der Waals surface area contributed by atoms with E-state index in [0.29, 0.717) is 0 Å². The van der Waals surface area contributed by atoms with E-state index in [-0.39, 0.29) is 75.4 Å². The van der Waals surface area contributed by atoms with E-state index in [9.17, 15) is 18.0 Å². The molecule has 1 atom stereocenters. The van der Waals surface area contributed by atoms with Crippen LogP contribution < -0.4 is 0 Å². The molecular weight excluding hydrogens is 351 g/mol. The number of carbonyl (C=O) groups is 2. The summed E-state index contributed by atoms with van der Waals surface area (Å²) in [5, 5.41) is -1.97. The maximum atomic E-state index is 11.8. The van der Waals surface area contributed by atoms with Gasteiger partial charge in [-0.2, -0.15) is 8.42 Å². The third-order valence-electron chi connectivity index (χ3n) is 2.29. The minimum Gasteiger partial charge on any atom is -0.465 e. The van der Waals surface area contributed by atoms with Crippen LogP contribution in [-0.4, -0.2) is 94.8 Å². The molecule has 0 fully saturated rings. The molecule has 23 heavy (non-hydrogen) atoms. The molecule has 1 unspecified atom stereocenters. The molecule has 0 aliphatic carbocycles. The molecule has 9 heteroatoms. The zero-order valence-electron chi connectivity index (χ0n) is 15.0. The first-order valence-corrected chi connectivity index (χ1v) is 8.41. The Morgan fingerprint density at radius 1 is 0.957 bits per heavy atom. The molecule has 0 aliphatic rings. The molecule has 0 aliphatic heterocycles. The molecule has 131 valence electrons. The third-order valence-corrected chi connectivity index (χ3v) is 3.37. The Bertz CT molecular complexity index is 500. The number of rotatable bonds is 6. The fourth-order valence-corrected chi connectivity index (χ4v) is 1.86. The summed E-state index contributed by atoms with van der Waals surface area (Å²) in [5.41, 5.74) is -0.665. The molecule has 0 saturated carbocycles. The Morgan fingerprint density at radius 2 is 1.35 bits per heavy atom. The first-order valence-electron chi connectivity index (χ1n) is 6.90. The smallest absolute Gasteiger partial charge is 0.327 e. The molecule has 0 heterocycles. The topological polar surface area (TPSA) is 107 Å². The van der Waals surface area contributed by atoms with Crippen molar-refractivity contribution in [1.82, 2.24) is 0 Å². The summed E-state index contributed by atoms with van der Waals surface area (Å²) < 4.78 is 41.4. The monoisotopic (exact) mass is 377 g/mol. The number of hydrogen-bond donors (Lipinski definition) is 1. The standard InChI is InChI=1S/C14H26O7S.K/c1-13(2,3)8-20-11(15)7-10(22(17,18)19)12(16)21-9-14(4,5)6;/h10H,7-9H2,1-6H3,(H,17,18,19);. The largest absolute Gasteiger partial charge is 0.465 e. The molecule has 7 nitrogen and oxygen atoms in total. The Morgan fingerprint density at radius 3 is 1.70 bits per heavy atom. The molecule has 0 spiro atoms. The van der Waals surface area contributed by atoms with Crippen molar-refractivity contribution in [2.24, 2.45) is 10.8 Å². The summed E-state index contributed by atoms with van der Waals surface area (Å²) in [6, 6.07) is 0. The van der Waals surface area contributed by atoms with Crippen molar-refractivity contribution in [3.8, 4) is 0 Å². The zero-order chi connectivity index (χ0) is 17.8. The molecule has 0 amide bonds. The molecule has 0 aromatic rings. The average Bonchev–Trinajstić information content (AvgIpc) is 2.27. The summed E-state index contributed by atoms with van der Waals surface area (Å²) >= 11 is 0. The van der Waals surface area contributed by atoms with Gasteiger partial charge in [-0.1, -0.05) is 41.5 Å². The second-order valence-electron chi connectivity index (χ2n) is 7.60. The minimum absolute atomic E-state index is 0. The van der Waals surface area contributed by atoms with Crippen LogP contribution in [0.15, 0.2) is 0 Å². The first-order chi connectivity index (χ1) is 9.62. The fourth-order valence-electron chi connectivity index (χ4n) is 1.20. The van der Waals surface area contributed by atoms with Crippen LogP contribution in [0.2, 0.25) is 0 Å². The quantitative estimate of drug-likeness (QED) is 0.424. The number of ether oxygens (including phenoxy) is 2. The Hall–Kier alpha value is 0.486. The summed E-state index contributed by atoms with van der Waals surface area (Å²) in [6.07, 6.45) is -0.780. The van der Waals surface area contributed by atoms with Crippen LogP contribution in [0.4, 0.5) is 0 Å². The van der Waals surface area contributed by atoms with Gasteiger partial charge in [0, 0.05) is 51.4 Å². The van der Waals surface area contributed by atoms with Crippen molar-refractivity contribution in [2.45, 2.75) is 53.2 Å². The van der Waals surface area contributed by atoms with Gasteiger partial charge >= 0.3 is 11.9 Å². The van der Waals surface area contributed by atoms with Crippen LogP contribution in [0.25, 0.3) is 0 Å². The predicted molar refractivity (Wildman–Crippen MR) is 86.5 cm³/mol. The van der Waals surface area contributed by atoms with E-state index in [4.69, 9.17) is 14.0 Å². The summed E-state index contributed by atoms with van der Waals surface area (Å²) in [4.78, 5) is 23.5. The van der Waals surface area contributed by atoms with Gasteiger partial charge in [-0.05, 0) is 10.8 Å². The van der Waals surface area contributed by atoms with Gasteiger partial charge < -0.3 is 9.47 Å². The fraction of sp³-hybridized carbons (Fsp3) is 0.857. The average molecular weight is 378 g/mol. The predicted octanol–water partition coefficient (Wildman–Crippen LogP) is 1.43. The third kappa shape index (κ3) is 13.5. The van der Waals surface area contributed by atoms with Gasteiger partial charge in [0.1, 0.15) is 0 Å². The number of carbonyl (C=O) groups excluding carboxylic acids is 2. The van der Waals surface area contributed by atoms with Crippen LogP contribution >= 0.6 is 0 Å². The van der Waals surface area contributed by atoms with Gasteiger partial charge in [0.2, 0.25) is 0 Å². The van der Waals surface area contributed by atoms with Crippen molar-refractivity contribution < 1.29 is 32.0 Å². The Labute approximate surface area is 181 Å². The molecule has 1 radical (unpaired) electrons. The number of esters is 2. The minimum atomic E-state index is -4.76. The maximum Gasteiger partial charge on any atom is 0.327 e. The van der Waals surface area contributed by atoms with E-state index in [2.05, 4.69) is 0 Å². The second-order valence-corrected chi connectivity index (χ2v) is 9.20. The van der Waals surface area contributed by atoms with Gasteiger partial charge in [-0.25, -0.2) is 0 Å². The molecule has 0 bridgehead atoms. The van der Waals surface area contributed by atoms with Gasteiger partial charge in [0.25, 0.3) is 10.1 Å². The van der Waals surface area contributed by atoms with Crippen molar-refractivity contribution in [3.05, 3.63) is 0 Å². The van der Waals surface area contributed by atoms with Crippen LogP contribution in [0.3, 0.4) is 0 Å². The number of hydrogen-bond acceptors (Lipinski definition) is 6. The zero-order valence-corrected chi connectivity index (χ0v) is 18.9. The van der Waals surface area contributed by atoms with Crippen LogP contribution in [-0.2, 0) is 29.2 Å². The molecule has 0 aromatic carbocycles. The van der Waals surface area contributed by atoms with Crippen LogP contribution in [0, 0.1) is 10.8 Å². The van der Waals surface area contributed by atoms with Gasteiger partial charge in [0.05, 0.1) is 19.6 Å². The molecule has 0 aromatic heterocycles. The molecule has 0 saturated heterocycles.